The van der Waals surface area contributed by atoms with Gasteiger partial charge in [-0.15, -0.1) is 6.42 Å². The molecule has 1 unspecified atom stereocenters. The monoisotopic (exact) mass is 181 g/mol. The molecule has 1 aromatic carbocycles. The van der Waals surface area contributed by atoms with Crippen LogP contribution in [0.4, 0.5) is 8.78 Å². The van der Waals surface area contributed by atoms with Crippen LogP contribution >= 0.6 is 0 Å². The quantitative estimate of drug-likeness (QED) is 0.687. The van der Waals surface area contributed by atoms with Crippen molar-refractivity contribution < 1.29 is 8.78 Å². The first kappa shape index (κ1) is 9.69. The zero-order valence-corrected chi connectivity index (χ0v) is 6.93. The van der Waals surface area contributed by atoms with Crippen molar-refractivity contribution in [3.8, 4) is 12.3 Å². The summed E-state index contributed by atoms with van der Waals surface area (Å²) in [4.78, 5) is 0. The van der Waals surface area contributed by atoms with Crippen LogP contribution in [0.25, 0.3) is 0 Å². The average Bonchev–Trinajstić information content (AvgIpc) is 2.09. The molecule has 13 heavy (non-hydrogen) atoms. The molecule has 0 aromatic heterocycles. The van der Waals surface area contributed by atoms with E-state index in [1.807, 2.05) is 0 Å². The van der Waals surface area contributed by atoms with Gasteiger partial charge in [0.05, 0.1) is 6.04 Å². The molecule has 1 nitrogen and oxygen atoms in total. The first-order chi connectivity index (χ1) is 6.13. The summed E-state index contributed by atoms with van der Waals surface area (Å²) in [5.41, 5.74) is 5.76. The molecular weight excluding hydrogens is 172 g/mol. The third-order valence-electron chi connectivity index (χ3n) is 1.67. The molecule has 68 valence electrons. The van der Waals surface area contributed by atoms with Gasteiger partial charge < -0.3 is 5.73 Å². The number of hydrogen-bond donors (Lipinski definition) is 1. The van der Waals surface area contributed by atoms with Crippen molar-refractivity contribution >= 4 is 0 Å². The van der Waals surface area contributed by atoms with Crippen LogP contribution in [0.5, 0.6) is 0 Å². The Labute approximate surface area is 75.6 Å². The second-order valence-corrected chi connectivity index (χ2v) is 2.71. The number of hydrogen-bond acceptors (Lipinski definition) is 1. The molecule has 0 saturated carbocycles. The van der Waals surface area contributed by atoms with Gasteiger partial charge in [0, 0.05) is 12.5 Å². The van der Waals surface area contributed by atoms with Gasteiger partial charge in [-0.2, -0.15) is 0 Å². The summed E-state index contributed by atoms with van der Waals surface area (Å²) in [6.45, 7) is 0. The number of rotatable bonds is 2. The van der Waals surface area contributed by atoms with E-state index >= 15 is 0 Å². The highest BCUT2D eigenvalue weighted by atomic mass is 19.1. The Kier molecular flexibility index (Phi) is 2.99. The fraction of sp³-hybridized carbons (Fsp3) is 0.200. The van der Waals surface area contributed by atoms with Crippen LogP contribution in [-0.4, -0.2) is 6.04 Å². The van der Waals surface area contributed by atoms with Crippen molar-refractivity contribution in [3.05, 3.63) is 35.4 Å². The maximum Gasteiger partial charge on any atom is 0.129 e. The maximum atomic E-state index is 13.0. The molecule has 0 heterocycles. The summed E-state index contributed by atoms with van der Waals surface area (Å²) < 4.78 is 25.4. The summed E-state index contributed by atoms with van der Waals surface area (Å²) in [5.74, 6) is 1.07. The van der Waals surface area contributed by atoms with Gasteiger partial charge in [0.15, 0.2) is 0 Å². The van der Waals surface area contributed by atoms with Gasteiger partial charge in [0.1, 0.15) is 11.6 Å². The molecule has 1 rings (SSSR count). The summed E-state index contributed by atoms with van der Waals surface area (Å²) in [6.07, 6.45) is 5.25. The zero-order valence-electron chi connectivity index (χ0n) is 6.93. The predicted molar refractivity (Wildman–Crippen MR) is 46.9 cm³/mol. The minimum absolute atomic E-state index is 0.225. The lowest BCUT2D eigenvalue weighted by Crippen LogP contribution is -2.20. The lowest BCUT2D eigenvalue weighted by Gasteiger charge is -2.05. The molecule has 1 atom stereocenters. The molecular formula is C10H9F2N. The molecule has 0 fully saturated rings. The minimum Gasteiger partial charge on any atom is -0.317 e. The fourth-order valence-electron chi connectivity index (χ4n) is 0.983. The van der Waals surface area contributed by atoms with E-state index in [2.05, 4.69) is 5.92 Å². The molecule has 0 aliphatic heterocycles. The number of nitrogens with two attached hydrogens (primary N) is 1. The van der Waals surface area contributed by atoms with Crippen molar-refractivity contribution in [2.24, 2.45) is 5.73 Å². The molecule has 3 heteroatoms. The highest BCUT2D eigenvalue weighted by molar-refractivity contribution is 5.21. The van der Waals surface area contributed by atoms with Crippen LogP contribution in [0.1, 0.15) is 5.56 Å². The molecule has 2 N–H and O–H groups in total. The first-order valence-corrected chi connectivity index (χ1v) is 3.79. The molecule has 0 amide bonds. The largest absolute Gasteiger partial charge is 0.317 e. The van der Waals surface area contributed by atoms with Gasteiger partial charge >= 0.3 is 0 Å². The zero-order chi connectivity index (χ0) is 9.84. The molecule has 0 radical (unpaired) electrons. The van der Waals surface area contributed by atoms with E-state index in [1.54, 1.807) is 0 Å². The van der Waals surface area contributed by atoms with Gasteiger partial charge in [-0.25, -0.2) is 8.78 Å². The van der Waals surface area contributed by atoms with E-state index in [1.165, 1.54) is 12.1 Å². The van der Waals surface area contributed by atoms with Crippen molar-refractivity contribution in [3.63, 3.8) is 0 Å². The molecule has 0 spiro atoms. The Morgan fingerprint density at radius 2 is 2.15 bits per heavy atom. The smallest absolute Gasteiger partial charge is 0.129 e. The lowest BCUT2D eigenvalue weighted by molar-refractivity contribution is 0.569. The maximum absolute atomic E-state index is 13.0. The van der Waals surface area contributed by atoms with E-state index in [0.29, 0.717) is 5.56 Å². The third kappa shape index (κ3) is 2.53. The second-order valence-electron chi connectivity index (χ2n) is 2.71. The van der Waals surface area contributed by atoms with Gasteiger partial charge in [0.25, 0.3) is 0 Å². The molecule has 0 bridgehead atoms. The predicted octanol–water partition coefficient (Wildman–Crippen LogP) is 1.47. The Balaban J connectivity index is 2.85. The van der Waals surface area contributed by atoms with E-state index < -0.39 is 17.7 Å². The van der Waals surface area contributed by atoms with Crippen LogP contribution in [0.2, 0.25) is 0 Å². The van der Waals surface area contributed by atoms with Crippen molar-refractivity contribution in [1.82, 2.24) is 0 Å². The number of benzene rings is 1. The van der Waals surface area contributed by atoms with Crippen LogP contribution < -0.4 is 5.73 Å². The van der Waals surface area contributed by atoms with E-state index in [-0.39, 0.29) is 6.42 Å². The van der Waals surface area contributed by atoms with E-state index in [4.69, 9.17) is 12.2 Å². The first-order valence-electron chi connectivity index (χ1n) is 3.79. The standard InChI is InChI=1S/C10H9F2N/c1-2-9(13)5-7-3-4-8(11)6-10(7)12/h1,3-4,6,9H,5,13H2. The number of terminal acetylenes is 1. The Hall–Kier alpha value is -1.40. The lowest BCUT2D eigenvalue weighted by atomic mass is 10.1. The number of halogens is 2. The van der Waals surface area contributed by atoms with Crippen molar-refractivity contribution in [1.29, 1.82) is 0 Å². The minimum atomic E-state index is -0.606. The average molecular weight is 181 g/mol. The van der Waals surface area contributed by atoms with Crippen LogP contribution in [0.15, 0.2) is 18.2 Å². The van der Waals surface area contributed by atoms with Gasteiger partial charge in [-0.3, -0.25) is 0 Å². The summed E-state index contributed by atoms with van der Waals surface area (Å²) >= 11 is 0. The normalized spacial score (nSPS) is 12.2. The fourth-order valence-corrected chi connectivity index (χ4v) is 0.983. The van der Waals surface area contributed by atoms with Crippen molar-refractivity contribution in [2.75, 3.05) is 0 Å². The van der Waals surface area contributed by atoms with Crippen molar-refractivity contribution in [2.45, 2.75) is 12.5 Å². The SMILES string of the molecule is C#CC(N)Cc1ccc(F)cc1F. The van der Waals surface area contributed by atoms with Crippen LogP contribution in [0, 0.1) is 24.0 Å². The van der Waals surface area contributed by atoms with Crippen LogP contribution in [-0.2, 0) is 6.42 Å². The Morgan fingerprint density at radius 3 is 2.69 bits per heavy atom. The second kappa shape index (κ2) is 4.01. The topological polar surface area (TPSA) is 26.0 Å². The van der Waals surface area contributed by atoms with Gasteiger partial charge in [-0.1, -0.05) is 12.0 Å². The van der Waals surface area contributed by atoms with Crippen LogP contribution in [0.3, 0.4) is 0 Å². The van der Waals surface area contributed by atoms with E-state index in [0.717, 1.165) is 6.07 Å². The molecule has 0 aliphatic rings. The highest BCUT2D eigenvalue weighted by Gasteiger charge is 2.06. The van der Waals surface area contributed by atoms with Gasteiger partial charge in [0.2, 0.25) is 0 Å². The summed E-state index contributed by atoms with van der Waals surface area (Å²) in [5, 5.41) is 0. The Bertz CT molecular complexity index is 341. The highest BCUT2D eigenvalue weighted by Crippen LogP contribution is 2.10. The third-order valence-corrected chi connectivity index (χ3v) is 1.67. The molecule has 0 aliphatic carbocycles. The molecule has 0 saturated heterocycles. The van der Waals surface area contributed by atoms with E-state index in [9.17, 15) is 8.78 Å². The summed E-state index contributed by atoms with van der Waals surface area (Å²) in [7, 11) is 0. The van der Waals surface area contributed by atoms with Gasteiger partial charge in [-0.05, 0) is 11.6 Å². The Morgan fingerprint density at radius 1 is 1.46 bits per heavy atom. The molecule has 1 aromatic rings. The summed E-state index contributed by atoms with van der Waals surface area (Å²) in [6, 6.07) is 2.82.